The zero-order valence-electron chi connectivity index (χ0n) is 13.6. The molecule has 2 aromatic rings. The van der Waals surface area contributed by atoms with Crippen molar-refractivity contribution in [1.82, 2.24) is 14.9 Å². The summed E-state index contributed by atoms with van der Waals surface area (Å²) in [6, 6.07) is 4.71. The summed E-state index contributed by atoms with van der Waals surface area (Å²) in [6.07, 6.45) is 3.99. The summed E-state index contributed by atoms with van der Waals surface area (Å²) >= 11 is 0. The second-order valence-electron chi connectivity index (χ2n) is 5.71. The van der Waals surface area contributed by atoms with Crippen LogP contribution in [0.25, 0.3) is 0 Å². The third-order valence-corrected chi connectivity index (χ3v) is 3.68. The Labute approximate surface area is 127 Å². The number of hydrogen-bond donors (Lipinski definition) is 1. The van der Waals surface area contributed by atoms with Crippen molar-refractivity contribution in [3.63, 3.8) is 0 Å². The Morgan fingerprint density at radius 3 is 2.76 bits per heavy atom. The van der Waals surface area contributed by atoms with Crippen LogP contribution < -0.4 is 10.1 Å². The van der Waals surface area contributed by atoms with Crippen molar-refractivity contribution < 1.29 is 4.74 Å². The lowest BCUT2D eigenvalue weighted by Gasteiger charge is -2.15. The quantitative estimate of drug-likeness (QED) is 0.887. The fourth-order valence-electron chi connectivity index (χ4n) is 2.46. The molecular weight excluding hydrogens is 262 g/mol. The van der Waals surface area contributed by atoms with E-state index in [1.54, 1.807) is 7.11 Å². The highest BCUT2D eigenvalue weighted by Crippen LogP contribution is 2.24. The topological polar surface area (TPSA) is 39.1 Å². The molecule has 0 atom stereocenters. The van der Waals surface area contributed by atoms with E-state index in [0.717, 1.165) is 35.7 Å². The zero-order valence-corrected chi connectivity index (χ0v) is 13.6. The fraction of sp³-hybridized carbons (Fsp3) is 0.471. The molecule has 0 spiro atoms. The van der Waals surface area contributed by atoms with Gasteiger partial charge in [0.25, 0.3) is 0 Å². The van der Waals surface area contributed by atoms with Crippen LogP contribution in [-0.4, -0.2) is 22.7 Å². The first-order valence-corrected chi connectivity index (χ1v) is 7.39. The van der Waals surface area contributed by atoms with Gasteiger partial charge in [0.05, 0.1) is 19.3 Å². The predicted molar refractivity (Wildman–Crippen MR) is 85.8 cm³/mol. The van der Waals surface area contributed by atoms with Gasteiger partial charge in [0.1, 0.15) is 5.75 Å². The van der Waals surface area contributed by atoms with Crippen molar-refractivity contribution in [3.05, 3.63) is 47.0 Å². The van der Waals surface area contributed by atoms with Crippen LogP contribution >= 0.6 is 0 Å². The molecule has 0 aliphatic rings. The molecule has 0 saturated heterocycles. The SMILES string of the molecule is COc1c(C)cnc(Cn2cccc2CNC(C)C)c1C. The molecule has 1 N–H and O–H groups in total. The lowest BCUT2D eigenvalue weighted by molar-refractivity contribution is 0.406. The number of ether oxygens (including phenoxy) is 1. The lowest BCUT2D eigenvalue weighted by Crippen LogP contribution is -2.23. The summed E-state index contributed by atoms with van der Waals surface area (Å²) in [5, 5.41) is 3.45. The smallest absolute Gasteiger partial charge is 0.128 e. The standard InChI is InChI=1S/C17H25N3O/c1-12(2)18-10-15-7-6-8-20(15)11-16-14(4)17(21-5)13(3)9-19-16/h6-9,12,18H,10-11H2,1-5H3. The van der Waals surface area contributed by atoms with Crippen LogP contribution in [0.15, 0.2) is 24.5 Å². The number of pyridine rings is 1. The summed E-state index contributed by atoms with van der Waals surface area (Å²) in [7, 11) is 1.72. The first-order valence-electron chi connectivity index (χ1n) is 7.39. The molecule has 0 fully saturated rings. The third kappa shape index (κ3) is 3.64. The molecule has 114 valence electrons. The first kappa shape index (κ1) is 15.6. The maximum Gasteiger partial charge on any atom is 0.128 e. The van der Waals surface area contributed by atoms with Gasteiger partial charge in [-0.25, -0.2) is 0 Å². The van der Waals surface area contributed by atoms with E-state index in [1.807, 2.05) is 13.1 Å². The fourth-order valence-corrected chi connectivity index (χ4v) is 2.46. The minimum Gasteiger partial charge on any atom is -0.496 e. The number of hydrogen-bond acceptors (Lipinski definition) is 3. The molecule has 2 heterocycles. The minimum absolute atomic E-state index is 0.479. The Morgan fingerprint density at radius 1 is 1.33 bits per heavy atom. The van der Waals surface area contributed by atoms with E-state index in [2.05, 4.69) is 54.0 Å². The minimum atomic E-state index is 0.479. The first-order chi connectivity index (χ1) is 10.0. The van der Waals surface area contributed by atoms with Crippen molar-refractivity contribution >= 4 is 0 Å². The molecule has 0 saturated carbocycles. The normalized spacial score (nSPS) is 11.1. The van der Waals surface area contributed by atoms with Gasteiger partial charge in [0.15, 0.2) is 0 Å². The lowest BCUT2D eigenvalue weighted by atomic mass is 10.1. The van der Waals surface area contributed by atoms with Gasteiger partial charge in [-0.3, -0.25) is 4.98 Å². The van der Waals surface area contributed by atoms with Crippen molar-refractivity contribution in [2.75, 3.05) is 7.11 Å². The van der Waals surface area contributed by atoms with Gasteiger partial charge in [-0.2, -0.15) is 0 Å². The highest BCUT2D eigenvalue weighted by Gasteiger charge is 2.11. The van der Waals surface area contributed by atoms with Crippen LogP contribution in [0.1, 0.15) is 36.4 Å². The van der Waals surface area contributed by atoms with Crippen LogP contribution in [0.2, 0.25) is 0 Å². The number of aromatic nitrogens is 2. The van der Waals surface area contributed by atoms with E-state index in [-0.39, 0.29) is 0 Å². The molecule has 0 radical (unpaired) electrons. The third-order valence-electron chi connectivity index (χ3n) is 3.68. The van der Waals surface area contributed by atoms with Crippen molar-refractivity contribution in [1.29, 1.82) is 0 Å². The van der Waals surface area contributed by atoms with Crippen LogP contribution in [0.5, 0.6) is 5.75 Å². The molecule has 0 aliphatic heterocycles. The Bertz CT molecular complexity index is 602. The Kier molecular flexibility index (Phi) is 5.02. The number of nitrogens with zero attached hydrogens (tertiary/aromatic N) is 2. The summed E-state index contributed by atoms with van der Waals surface area (Å²) < 4.78 is 7.72. The summed E-state index contributed by atoms with van der Waals surface area (Å²) in [6.45, 7) is 10.0. The Balaban J connectivity index is 2.21. The van der Waals surface area contributed by atoms with Crippen LogP contribution in [-0.2, 0) is 13.1 Å². The van der Waals surface area contributed by atoms with Gasteiger partial charge < -0.3 is 14.6 Å². The highest BCUT2D eigenvalue weighted by atomic mass is 16.5. The van der Waals surface area contributed by atoms with Gasteiger partial charge >= 0.3 is 0 Å². The summed E-state index contributed by atoms with van der Waals surface area (Å²) in [4.78, 5) is 4.58. The number of aryl methyl sites for hydroxylation is 1. The molecule has 0 aliphatic carbocycles. The number of methoxy groups -OCH3 is 1. The van der Waals surface area contributed by atoms with Crippen molar-refractivity contribution in [3.8, 4) is 5.75 Å². The van der Waals surface area contributed by atoms with E-state index in [4.69, 9.17) is 4.74 Å². The maximum atomic E-state index is 5.48. The molecule has 4 nitrogen and oxygen atoms in total. The monoisotopic (exact) mass is 287 g/mol. The molecule has 2 rings (SSSR count). The number of nitrogens with one attached hydrogen (secondary N) is 1. The van der Waals surface area contributed by atoms with Crippen LogP contribution in [0.4, 0.5) is 0 Å². The molecule has 4 heteroatoms. The van der Waals surface area contributed by atoms with Crippen molar-refractivity contribution in [2.24, 2.45) is 0 Å². The maximum absolute atomic E-state index is 5.48. The van der Waals surface area contributed by atoms with Gasteiger partial charge in [-0.15, -0.1) is 0 Å². The molecular formula is C17H25N3O. The van der Waals surface area contributed by atoms with E-state index in [1.165, 1.54) is 5.69 Å². The summed E-state index contributed by atoms with van der Waals surface area (Å²) in [5.41, 5.74) is 4.52. The molecule has 0 unspecified atom stereocenters. The average Bonchev–Trinajstić information content (AvgIpc) is 2.87. The van der Waals surface area contributed by atoms with Crippen LogP contribution in [0, 0.1) is 13.8 Å². The Morgan fingerprint density at radius 2 is 2.10 bits per heavy atom. The molecule has 0 bridgehead atoms. The molecule has 2 aromatic heterocycles. The van der Waals surface area contributed by atoms with Gasteiger partial charge in [0, 0.05) is 41.8 Å². The highest BCUT2D eigenvalue weighted by molar-refractivity contribution is 5.41. The van der Waals surface area contributed by atoms with Crippen molar-refractivity contribution in [2.45, 2.75) is 46.8 Å². The molecule has 0 aromatic carbocycles. The van der Waals surface area contributed by atoms with Gasteiger partial charge in [-0.1, -0.05) is 13.8 Å². The summed E-state index contributed by atoms with van der Waals surface area (Å²) in [5.74, 6) is 0.939. The average molecular weight is 287 g/mol. The number of rotatable bonds is 6. The second-order valence-corrected chi connectivity index (χ2v) is 5.71. The second kappa shape index (κ2) is 6.76. The van der Waals surface area contributed by atoms with E-state index in [9.17, 15) is 0 Å². The zero-order chi connectivity index (χ0) is 15.4. The van der Waals surface area contributed by atoms with Crippen LogP contribution in [0.3, 0.4) is 0 Å². The molecule has 21 heavy (non-hydrogen) atoms. The molecule has 0 amide bonds. The van der Waals surface area contributed by atoms with Gasteiger partial charge in [-0.05, 0) is 26.0 Å². The van der Waals surface area contributed by atoms with E-state index >= 15 is 0 Å². The van der Waals surface area contributed by atoms with Gasteiger partial charge in [0.2, 0.25) is 0 Å². The largest absolute Gasteiger partial charge is 0.496 e. The Hall–Kier alpha value is -1.81. The predicted octanol–water partition coefficient (Wildman–Crippen LogP) is 3.05. The van der Waals surface area contributed by atoms with E-state index < -0.39 is 0 Å². The van der Waals surface area contributed by atoms with E-state index in [0.29, 0.717) is 6.04 Å².